The van der Waals surface area contributed by atoms with Crippen LogP contribution in [0.5, 0.6) is 17.2 Å². The van der Waals surface area contributed by atoms with Gasteiger partial charge in [-0.3, -0.25) is 14.2 Å². The predicted molar refractivity (Wildman–Crippen MR) is 163 cm³/mol. The topological polar surface area (TPSA) is 114 Å². The van der Waals surface area contributed by atoms with Gasteiger partial charge in [-0.25, -0.2) is 9.37 Å². The number of aromatic nitrogens is 3. The maximum atomic E-state index is 13.5. The van der Waals surface area contributed by atoms with Crippen LogP contribution in [0.4, 0.5) is 27.4 Å². The molecule has 0 saturated heterocycles. The Morgan fingerprint density at radius 3 is 2.57 bits per heavy atom. The van der Waals surface area contributed by atoms with E-state index in [1.165, 1.54) is 42.1 Å². The van der Waals surface area contributed by atoms with Gasteiger partial charge in [-0.15, -0.1) is 0 Å². The Labute approximate surface area is 247 Å². The van der Waals surface area contributed by atoms with E-state index in [2.05, 4.69) is 32.1 Å². The van der Waals surface area contributed by atoms with E-state index in [1.54, 1.807) is 19.2 Å². The van der Waals surface area contributed by atoms with Crippen LogP contribution in [0.15, 0.2) is 60.0 Å². The van der Waals surface area contributed by atoms with Crippen molar-refractivity contribution in [2.24, 2.45) is 7.05 Å². The van der Waals surface area contributed by atoms with Gasteiger partial charge in [-0.05, 0) is 44.4 Å². The maximum Gasteiger partial charge on any atom is 0.294 e. The van der Waals surface area contributed by atoms with Crippen molar-refractivity contribution in [2.75, 3.05) is 56.9 Å². The minimum Gasteiger partial charge on any atom is -0.494 e. The number of halogens is 2. The van der Waals surface area contributed by atoms with Crippen molar-refractivity contribution in [1.82, 2.24) is 19.4 Å². The Kier molecular flexibility index (Phi) is 9.28. The van der Waals surface area contributed by atoms with Crippen molar-refractivity contribution in [3.63, 3.8) is 0 Å². The molecule has 42 heavy (non-hydrogen) atoms. The van der Waals surface area contributed by atoms with E-state index >= 15 is 0 Å². The van der Waals surface area contributed by atoms with Crippen LogP contribution in [0, 0.1) is 5.82 Å². The number of aryl methyl sites for hydroxylation is 1. The molecule has 11 nitrogen and oxygen atoms in total. The molecule has 0 aliphatic carbocycles. The first-order valence-corrected chi connectivity index (χ1v) is 13.2. The highest BCUT2D eigenvalue weighted by molar-refractivity contribution is 6.30. The number of rotatable bonds is 11. The molecule has 220 valence electrons. The first kappa shape index (κ1) is 30.3. The molecule has 0 aliphatic heterocycles. The van der Waals surface area contributed by atoms with Crippen LogP contribution >= 0.6 is 11.6 Å². The van der Waals surface area contributed by atoms with E-state index in [1.807, 2.05) is 26.0 Å². The Balaban J connectivity index is 1.69. The molecule has 0 unspecified atom stereocenters. The van der Waals surface area contributed by atoms with E-state index in [9.17, 15) is 14.0 Å². The van der Waals surface area contributed by atoms with Gasteiger partial charge in [0, 0.05) is 50.9 Å². The minimum absolute atomic E-state index is 0.00442. The van der Waals surface area contributed by atoms with Gasteiger partial charge in [0.1, 0.15) is 23.0 Å². The number of anilines is 4. The van der Waals surface area contributed by atoms with E-state index in [4.69, 9.17) is 21.1 Å². The summed E-state index contributed by atoms with van der Waals surface area (Å²) in [6.07, 6.45) is 2.72. The second-order valence-corrected chi connectivity index (χ2v) is 10.0. The van der Waals surface area contributed by atoms with E-state index in [0.717, 1.165) is 18.3 Å². The van der Waals surface area contributed by atoms with Gasteiger partial charge in [0.2, 0.25) is 11.9 Å². The fourth-order valence-corrected chi connectivity index (χ4v) is 4.21. The Hall–Kier alpha value is -4.68. The second-order valence-electron chi connectivity index (χ2n) is 9.64. The fraction of sp³-hybridized carbons (Fsp3) is 0.241. The fourth-order valence-electron chi connectivity index (χ4n) is 4.04. The van der Waals surface area contributed by atoms with Crippen molar-refractivity contribution < 1.29 is 18.7 Å². The number of fused-ring (bicyclic) bond motifs is 1. The number of carbonyl (C=O) groups excluding carboxylic acids is 1. The van der Waals surface area contributed by atoms with Crippen molar-refractivity contribution in [3.8, 4) is 17.2 Å². The highest BCUT2D eigenvalue weighted by Crippen LogP contribution is 2.38. The number of hydrogen-bond acceptors (Lipinski definition) is 9. The first-order chi connectivity index (χ1) is 20.0. The largest absolute Gasteiger partial charge is 0.494 e. The standard InChI is InChI=1S/C29H31ClFN7O4/c1-7-26(39)33-21-14-22(24(41-6)15-23(21)37(4)11-10-36(2)3)34-29-32-16-17-12-25(28(40)38(5)27(17)35-29)42-18-8-9-20(31)19(30)13-18/h7-9,12-16H,1,10-11H2,2-6H3,(H,33,39)(H,32,34,35). The number of pyridine rings is 1. The molecule has 2 N–H and O–H groups in total. The zero-order valence-corrected chi connectivity index (χ0v) is 24.6. The second kappa shape index (κ2) is 12.9. The number of benzene rings is 2. The summed E-state index contributed by atoms with van der Waals surface area (Å²) >= 11 is 5.84. The summed E-state index contributed by atoms with van der Waals surface area (Å²) in [6, 6.07) is 8.84. The lowest BCUT2D eigenvalue weighted by Gasteiger charge is -2.26. The molecule has 0 fully saturated rings. The van der Waals surface area contributed by atoms with Crippen LogP contribution < -0.4 is 30.6 Å². The zero-order valence-electron chi connectivity index (χ0n) is 23.9. The molecule has 2 aromatic heterocycles. The lowest BCUT2D eigenvalue weighted by molar-refractivity contribution is -0.111. The van der Waals surface area contributed by atoms with Gasteiger partial charge in [-0.1, -0.05) is 18.2 Å². The van der Waals surface area contributed by atoms with Crippen molar-refractivity contribution in [2.45, 2.75) is 0 Å². The van der Waals surface area contributed by atoms with Crippen LogP contribution in [-0.4, -0.2) is 66.7 Å². The Bertz CT molecular complexity index is 1710. The molecule has 13 heteroatoms. The molecular weight excluding hydrogens is 565 g/mol. The van der Waals surface area contributed by atoms with Crippen molar-refractivity contribution in [1.29, 1.82) is 0 Å². The highest BCUT2D eigenvalue weighted by atomic mass is 35.5. The lowest BCUT2D eigenvalue weighted by Crippen LogP contribution is -2.29. The number of nitrogens with zero attached hydrogens (tertiary/aromatic N) is 5. The van der Waals surface area contributed by atoms with E-state index in [-0.39, 0.29) is 28.4 Å². The summed E-state index contributed by atoms with van der Waals surface area (Å²) in [7, 11) is 8.97. The summed E-state index contributed by atoms with van der Waals surface area (Å²) < 4.78 is 26.2. The Morgan fingerprint density at radius 2 is 1.90 bits per heavy atom. The average molecular weight is 596 g/mol. The van der Waals surface area contributed by atoms with Crippen LogP contribution in [0.2, 0.25) is 5.02 Å². The van der Waals surface area contributed by atoms with Crippen molar-refractivity contribution >= 4 is 51.6 Å². The van der Waals surface area contributed by atoms with Gasteiger partial charge in [0.25, 0.3) is 5.56 Å². The molecule has 2 aromatic carbocycles. The summed E-state index contributed by atoms with van der Waals surface area (Å²) in [6.45, 7) is 5.03. The third kappa shape index (κ3) is 6.78. The normalized spacial score (nSPS) is 11.0. The summed E-state index contributed by atoms with van der Waals surface area (Å²) in [5.41, 5.74) is 1.62. The molecule has 4 rings (SSSR count). The molecule has 1 amide bonds. The quantitative estimate of drug-likeness (QED) is 0.236. The van der Waals surface area contributed by atoms with Gasteiger partial charge < -0.3 is 29.9 Å². The van der Waals surface area contributed by atoms with E-state index < -0.39 is 11.4 Å². The van der Waals surface area contributed by atoms with Crippen LogP contribution in [-0.2, 0) is 11.8 Å². The molecule has 0 bridgehead atoms. The third-order valence-electron chi connectivity index (χ3n) is 6.34. The molecule has 0 atom stereocenters. The number of ether oxygens (including phenoxy) is 2. The summed E-state index contributed by atoms with van der Waals surface area (Å²) in [4.78, 5) is 38.3. The molecule has 0 radical (unpaired) electrons. The maximum absolute atomic E-state index is 13.5. The van der Waals surface area contributed by atoms with Gasteiger partial charge in [0.05, 0.1) is 29.2 Å². The smallest absolute Gasteiger partial charge is 0.294 e. The lowest BCUT2D eigenvalue weighted by atomic mass is 10.2. The summed E-state index contributed by atoms with van der Waals surface area (Å²) in [5, 5.41) is 6.37. The molecule has 2 heterocycles. The van der Waals surface area contributed by atoms with Crippen LogP contribution in [0.3, 0.4) is 0 Å². The molecule has 4 aromatic rings. The van der Waals surface area contributed by atoms with Crippen molar-refractivity contribution in [3.05, 3.63) is 76.4 Å². The Morgan fingerprint density at radius 1 is 1.14 bits per heavy atom. The van der Waals surface area contributed by atoms with Crippen LogP contribution in [0.25, 0.3) is 11.0 Å². The monoisotopic (exact) mass is 595 g/mol. The number of nitrogens with one attached hydrogen (secondary N) is 2. The number of likely N-dealkylation sites (N-methyl/N-ethyl adjacent to an activating group) is 2. The third-order valence-corrected chi connectivity index (χ3v) is 6.63. The molecule has 0 saturated carbocycles. The highest BCUT2D eigenvalue weighted by Gasteiger charge is 2.18. The minimum atomic E-state index is -0.596. The number of amides is 1. The first-order valence-electron chi connectivity index (χ1n) is 12.8. The van der Waals surface area contributed by atoms with Crippen LogP contribution in [0.1, 0.15) is 0 Å². The average Bonchev–Trinajstić information content (AvgIpc) is 2.96. The molecular formula is C29H31ClFN7O4. The SMILES string of the molecule is C=CC(=O)Nc1cc(Nc2ncc3cc(Oc4ccc(F)c(Cl)c4)c(=O)n(C)c3n2)c(OC)cc1N(C)CCN(C)C. The van der Waals surface area contributed by atoms with E-state index in [0.29, 0.717) is 34.7 Å². The van der Waals surface area contributed by atoms with Gasteiger partial charge in [0.15, 0.2) is 5.75 Å². The predicted octanol–water partition coefficient (Wildman–Crippen LogP) is 4.79. The number of methoxy groups -OCH3 is 1. The number of hydrogen-bond donors (Lipinski definition) is 2. The molecule has 0 spiro atoms. The number of carbonyl (C=O) groups is 1. The molecule has 0 aliphatic rings. The summed E-state index contributed by atoms with van der Waals surface area (Å²) in [5.74, 6) is -0.0930. The zero-order chi connectivity index (χ0) is 30.6. The van der Waals surface area contributed by atoms with Gasteiger partial charge >= 0.3 is 0 Å². The van der Waals surface area contributed by atoms with Gasteiger partial charge in [-0.2, -0.15) is 4.98 Å².